The number of hydrogen-bond donors (Lipinski definition) is 1. The maximum atomic E-state index is 12.5. The van der Waals surface area contributed by atoms with Gasteiger partial charge < -0.3 is 9.64 Å². The Morgan fingerprint density at radius 2 is 1.63 bits per heavy atom. The standard InChI is InChI=1S/C19H22N2O5S/c1-4-26-18(22)13-21(3)19(23)15-7-11-17(12-8-15)27(24,25)20-16-9-5-14(2)6-10-16/h5-12,20H,4,13H2,1-3H3. The molecule has 0 aliphatic heterocycles. The molecule has 0 bridgehead atoms. The maximum Gasteiger partial charge on any atom is 0.325 e. The van der Waals surface area contributed by atoms with Gasteiger partial charge in [-0.15, -0.1) is 0 Å². The summed E-state index contributed by atoms with van der Waals surface area (Å²) in [5, 5.41) is 0. The first kappa shape index (κ1) is 20.4. The number of nitrogens with one attached hydrogen (secondary N) is 1. The van der Waals surface area contributed by atoms with Crippen LogP contribution in [0.5, 0.6) is 0 Å². The zero-order valence-corrected chi connectivity index (χ0v) is 16.2. The average molecular weight is 390 g/mol. The molecule has 27 heavy (non-hydrogen) atoms. The third-order valence-electron chi connectivity index (χ3n) is 3.73. The molecule has 0 aliphatic carbocycles. The number of carbonyl (C=O) groups excluding carboxylic acids is 2. The number of esters is 1. The summed E-state index contributed by atoms with van der Waals surface area (Å²) < 4.78 is 32.2. The lowest BCUT2D eigenvalue weighted by molar-refractivity contribution is -0.143. The number of ether oxygens (including phenoxy) is 1. The number of anilines is 1. The van der Waals surface area contributed by atoms with E-state index in [2.05, 4.69) is 4.72 Å². The Bertz CT molecular complexity index is 906. The van der Waals surface area contributed by atoms with Gasteiger partial charge >= 0.3 is 5.97 Å². The van der Waals surface area contributed by atoms with Crippen molar-refractivity contribution in [2.75, 3.05) is 24.9 Å². The molecular weight excluding hydrogens is 368 g/mol. The normalized spacial score (nSPS) is 10.9. The molecule has 0 radical (unpaired) electrons. The van der Waals surface area contributed by atoms with Crippen molar-refractivity contribution in [2.45, 2.75) is 18.7 Å². The minimum absolute atomic E-state index is 0.0349. The quantitative estimate of drug-likeness (QED) is 0.733. The van der Waals surface area contributed by atoms with Crippen LogP contribution in [0, 0.1) is 6.92 Å². The van der Waals surface area contributed by atoms with E-state index in [1.54, 1.807) is 31.2 Å². The molecule has 144 valence electrons. The average Bonchev–Trinajstić information content (AvgIpc) is 2.63. The minimum Gasteiger partial charge on any atom is -0.465 e. The predicted molar refractivity (Wildman–Crippen MR) is 102 cm³/mol. The van der Waals surface area contributed by atoms with Crippen molar-refractivity contribution < 1.29 is 22.7 Å². The second-order valence-corrected chi connectivity index (χ2v) is 7.64. The van der Waals surface area contributed by atoms with E-state index in [0.29, 0.717) is 5.69 Å². The Labute approximate surface area is 159 Å². The van der Waals surface area contributed by atoms with E-state index in [4.69, 9.17) is 4.74 Å². The molecule has 1 N–H and O–H groups in total. The Morgan fingerprint density at radius 3 is 2.19 bits per heavy atom. The van der Waals surface area contributed by atoms with Gasteiger partial charge in [0.1, 0.15) is 6.54 Å². The Morgan fingerprint density at radius 1 is 1.04 bits per heavy atom. The Balaban J connectivity index is 2.10. The monoisotopic (exact) mass is 390 g/mol. The van der Waals surface area contributed by atoms with E-state index in [0.717, 1.165) is 5.56 Å². The molecule has 1 amide bonds. The fraction of sp³-hybridized carbons (Fsp3) is 0.263. The predicted octanol–water partition coefficient (Wildman–Crippen LogP) is 2.43. The van der Waals surface area contributed by atoms with Crippen molar-refractivity contribution in [2.24, 2.45) is 0 Å². The molecule has 0 aromatic heterocycles. The van der Waals surface area contributed by atoms with Crippen LogP contribution in [0.3, 0.4) is 0 Å². The van der Waals surface area contributed by atoms with Crippen molar-refractivity contribution in [1.82, 2.24) is 4.90 Å². The first-order valence-electron chi connectivity index (χ1n) is 8.33. The number of benzene rings is 2. The molecule has 0 saturated heterocycles. The summed E-state index contributed by atoms with van der Waals surface area (Å²) in [4.78, 5) is 25.0. The summed E-state index contributed by atoms with van der Waals surface area (Å²) in [6, 6.07) is 12.5. The van der Waals surface area contributed by atoms with E-state index in [-0.39, 0.29) is 23.6 Å². The zero-order valence-electron chi connectivity index (χ0n) is 15.4. The van der Waals surface area contributed by atoms with Crippen LogP contribution in [0.2, 0.25) is 0 Å². The van der Waals surface area contributed by atoms with E-state index >= 15 is 0 Å². The van der Waals surface area contributed by atoms with Crippen LogP contribution >= 0.6 is 0 Å². The van der Waals surface area contributed by atoms with E-state index in [9.17, 15) is 18.0 Å². The number of aryl methyl sites for hydroxylation is 1. The first-order chi connectivity index (χ1) is 12.7. The van der Waals surface area contributed by atoms with Gasteiger partial charge in [0.25, 0.3) is 15.9 Å². The van der Waals surface area contributed by atoms with Gasteiger partial charge in [-0.25, -0.2) is 8.42 Å². The van der Waals surface area contributed by atoms with Gasteiger partial charge in [-0.05, 0) is 50.2 Å². The molecule has 2 aromatic carbocycles. The number of nitrogens with zero attached hydrogens (tertiary/aromatic N) is 1. The van der Waals surface area contributed by atoms with E-state index in [1.807, 2.05) is 6.92 Å². The molecule has 0 heterocycles. The van der Waals surface area contributed by atoms with E-state index in [1.165, 1.54) is 36.2 Å². The van der Waals surface area contributed by atoms with Gasteiger partial charge in [0.05, 0.1) is 11.5 Å². The van der Waals surface area contributed by atoms with Crippen molar-refractivity contribution in [1.29, 1.82) is 0 Å². The number of rotatable bonds is 7. The fourth-order valence-corrected chi connectivity index (χ4v) is 3.36. The zero-order chi connectivity index (χ0) is 20.0. The van der Waals surface area contributed by atoms with Gasteiger partial charge in [0.2, 0.25) is 0 Å². The summed E-state index contributed by atoms with van der Waals surface area (Å²) in [7, 11) is -2.29. The molecule has 8 heteroatoms. The first-order valence-corrected chi connectivity index (χ1v) is 9.82. The molecule has 2 aromatic rings. The summed E-state index contributed by atoms with van der Waals surface area (Å²) in [5.41, 5.74) is 1.75. The van der Waals surface area contributed by atoms with Crippen LogP contribution in [0.4, 0.5) is 5.69 Å². The smallest absolute Gasteiger partial charge is 0.325 e. The molecule has 0 aliphatic rings. The van der Waals surface area contributed by atoms with Gasteiger partial charge in [0, 0.05) is 18.3 Å². The highest BCUT2D eigenvalue weighted by molar-refractivity contribution is 7.92. The van der Waals surface area contributed by atoms with Crippen LogP contribution in [0.25, 0.3) is 0 Å². The third kappa shape index (κ3) is 5.55. The second kappa shape index (κ2) is 8.68. The van der Waals surface area contributed by atoms with Crippen LogP contribution in [-0.4, -0.2) is 45.4 Å². The van der Waals surface area contributed by atoms with E-state index < -0.39 is 21.9 Å². The Kier molecular flexibility index (Phi) is 6.57. The van der Waals surface area contributed by atoms with Crippen LogP contribution in [0.1, 0.15) is 22.8 Å². The Hall–Kier alpha value is -2.87. The second-order valence-electron chi connectivity index (χ2n) is 5.96. The van der Waals surface area contributed by atoms with Crippen molar-refractivity contribution in [3.05, 3.63) is 59.7 Å². The molecule has 0 atom stereocenters. The van der Waals surface area contributed by atoms with Gasteiger partial charge in [-0.2, -0.15) is 0 Å². The lowest BCUT2D eigenvalue weighted by atomic mass is 10.2. The van der Waals surface area contributed by atoms with Crippen LogP contribution in [0.15, 0.2) is 53.4 Å². The number of sulfonamides is 1. The number of amides is 1. The number of likely N-dealkylation sites (N-methyl/N-ethyl adjacent to an activating group) is 1. The molecule has 0 fully saturated rings. The molecular formula is C19H22N2O5S. The third-order valence-corrected chi connectivity index (χ3v) is 5.13. The number of hydrogen-bond acceptors (Lipinski definition) is 5. The van der Waals surface area contributed by atoms with Crippen molar-refractivity contribution in [3.8, 4) is 0 Å². The molecule has 0 saturated carbocycles. The summed E-state index contributed by atoms with van der Waals surface area (Å²) in [6.45, 7) is 3.65. The van der Waals surface area contributed by atoms with Gasteiger partial charge in [0.15, 0.2) is 0 Å². The highest BCUT2D eigenvalue weighted by Gasteiger charge is 2.18. The summed E-state index contributed by atoms with van der Waals surface area (Å²) >= 11 is 0. The van der Waals surface area contributed by atoms with Crippen molar-refractivity contribution >= 4 is 27.6 Å². The fourth-order valence-electron chi connectivity index (χ4n) is 2.30. The SMILES string of the molecule is CCOC(=O)CN(C)C(=O)c1ccc(S(=O)(=O)Nc2ccc(C)cc2)cc1. The number of carbonyl (C=O) groups is 2. The minimum atomic E-state index is -3.76. The largest absolute Gasteiger partial charge is 0.465 e. The summed E-state index contributed by atoms with van der Waals surface area (Å²) in [5.74, 6) is -0.909. The molecule has 0 spiro atoms. The van der Waals surface area contributed by atoms with Crippen molar-refractivity contribution in [3.63, 3.8) is 0 Å². The van der Waals surface area contributed by atoms with Crippen LogP contribution < -0.4 is 4.72 Å². The maximum absolute atomic E-state index is 12.5. The highest BCUT2D eigenvalue weighted by atomic mass is 32.2. The topological polar surface area (TPSA) is 92.8 Å². The van der Waals surface area contributed by atoms with Gasteiger partial charge in [-0.1, -0.05) is 17.7 Å². The molecule has 7 nitrogen and oxygen atoms in total. The lowest BCUT2D eigenvalue weighted by Gasteiger charge is -2.16. The molecule has 2 rings (SSSR count). The highest BCUT2D eigenvalue weighted by Crippen LogP contribution is 2.17. The van der Waals surface area contributed by atoms with Crippen LogP contribution in [-0.2, 0) is 19.6 Å². The van der Waals surface area contributed by atoms with Gasteiger partial charge in [-0.3, -0.25) is 14.3 Å². The molecule has 0 unspecified atom stereocenters. The summed E-state index contributed by atoms with van der Waals surface area (Å²) in [6.07, 6.45) is 0. The lowest BCUT2D eigenvalue weighted by Crippen LogP contribution is -2.33.